The summed E-state index contributed by atoms with van der Waals surface area (Å²) in [5, 5.41) is 2.29. The highest BCUT2D eigenvalue weighted by atomic mass is 32.1. The van der Waals surface area contributed by atoms with E-state index in [1.807, 2.05) is 12.4 Å². The largest absolute Gasteiger partial charge is 0.377 e. The summed E-state index contributed by atoms with van der Waals surface area (Å²) in [6.07, 6.45) is 2.61. The van der Waals surface area contributed by atoms with Crippen LogP contribution in [0.15, 0.2) is 5.38 Å². The van der Waals surface area contributed by atoms with E-state index in [0.29, 0.717) is 17.7 Å². The van der Waals surface area contributed by atoms with Gasteiger partial charge in [0.15, 0.2) is 5.01 Å². The normalized spacial score (nSPS) is 19.4. The SMILES string of the molecule is CN(Cc1csc(C(=O)NN)n1)CC1CCCO1. The zero-order chi connectivity index (χ0) is 13.0. The smallest absolute Gasteiger partial charge is 0.294 e. The molecule has 1 amide bonds. The average Bonchev–Trinajstić information content (AvgIpc) is 2.99. The number of carbonyl (C=O) groups is 1. The minimum atomic E-state index is -0.340. The average molecular weight is 270 g/mol. The summed E-state index contributed by atoms with van der Waals surface area (Å²) in [7, 11) is 2.03. The zero-order valence-corrected chi connectivity index (χ0v) is 11.2. The first kappa shape index (κ1) is 13.4. The van der Waals surface area contributed by atoms with E-state index >= 15 is 0 Å². The van der Waals surface area contributed by atoms with Gasteiger partial charge in [-0.05, 0) is 19.9 Å². The minimum absolute atomic E-state index is 0.334. The number of nitrogens with one attached hydrogen (secondary N) is 1. The third kappa shape index (κ3) is 3.49. The third-order valence-electron chi connectivity index (χ3n) is 2.85. The standard InChI is InChI=1S/C11H18N4O2S/c1-15(6-9-3-2-4-17-9)5-8-7-18-11(13-8)10(16)14-12/h7,9H,2-6,12H2,1H3,(H,14,16). The lowest BCUT2D eigenvalue weighted by molar-refractivity contribution is 0.0789. The van der Waals surface area contributed by atoms with E-state index in [1.54, 1.807) is 0 Å². The van der Waals surface area contributed by atoms with Crippen LogP contribution in [0.3, 0.4) is 0 Å². The molecule has 0 radical (unpaired) electrons. The van der Waals surface area contributed by atoms with Crippen molar-refractivity contribution in [1.29, 1.82) is 0 Å². The molecule has 1 aromatic heterocycles. The van der Waals surface area contributed by atoms with Crippen LogP contribution < -0.4 is 11.3 Å². The molecule has 0 bridgehead atoms. The molecule has 2 rings (SSSR count). The van der Waals surface area contributed by atoms with Gasteiger partial charge in [0.2, 0.25) is 0 Å². The number of nitrogen functional groups attached to an aromatic ring is 1. The molecule has 0 saturated carbocycles. The van der Waals surface area contributed by atoms with Crippen LogP contribution in [-0.4, -0.2) is 42.1 Å². The topological polar surface area (TPSA) is 80.5 Å². The van der Waals surface area contributed by atoms with Gasteiger partial charge in [0, 0.05) is 25.1 Å². The lowest BCUT2D eigenvalue weighted by Crippen LogP contribution is -2.30. The number of nitrogens with zero attached hydrogens (tertiary/aromatic N) is 2. The Labute approximate surface area is 110 Å². The summed E-state index contributed by atoms with van der Waals surface area (Å²) in [4.78, 5) is 17.7. The number of hydrazine groups is 1. The number of rotatable bonds is 5. The van der Waals surface area contributed by atoms with Gasteiger partial charge < -0.3 is 4.74 Å². The van der Waals surface area contributed by atoms with E-state index in [0.717, 1.165) is 31.7 Å². The molecule has 1 aromatic rings. The fourth-order valence-corrected chi connectivity index (χ4v) is 2.73. The van der Waals surface area contributed by atoms with E-state index in [1.165, 1.54) is 11.3 Å². The summed E-state index contributed by atoms with van der Waals surface area (Å²) in [6, 6.07) is 0. The van der Waals surface area contributed by atoms with E-state index in [9.17, 15) is 4.79 Å². The second-order valence-corrected chi connectivity index (χ2v) is 5.31. The van der Waals surface area contributed by atoms with Crippen LogP contribution in [0.1, 0.15) is 28.3 Å². The number of hydrogen-bond donors (Lipinski definition) is 2. The Bertz CT molecular complexity index is 404. The van der Waals surface area contributed by atoms with Gasteiger partial charge in [-0.25, -0.2) is 10.8 Å². The van der Waals surface area contributed by atoms with Gasteiger partial charge in [-0.3, -0.25) is 15.1 Å². The molecule has 100 valence electrons. The Balaban J connectivity index is 1.84. The second-order valence-electron chi connectivity index (χ2n) is 4.45. The van der Waals surface area contributed by atoms with Crippen molar-refractivity contribution < 1.29 is 9.53 Å². The maximum absolute atomic E-state index is 11.3. The van der Waals surface area contributed by atoms with Gasteiger partial charge in [-0.15, -0.1) is 11.3 Å². The highest BCUT2D eigenvalue weighted by molar-refractivity contribution is 7.11. The van der Waals surface area contributed by atoms with Crippen molar-refractivity contribution in [2.75, 3.05) is 20.2 Å². The number of hydrogen-bond acceptors (Lipinski definition) is 6. The molecule has 0 aromatic carbocycles. The van der Waals surface area contributed by atoms with Crippen LogP contribution in [0.5, 0.6) is 0 Å². The maximum atomic E-state index is 11.3. The summed E-state index contributed by atoms with van der Waals surface area (Å²) < 4.78 is 5.58. The summed E-state index contributed by atoms with van der Waals surface area (Å²) in [5.74, 6) is 4.72. The molecule has 0 spiro atoms. The molecule has 1 aliphatic heterocycles. The lowest BCUT2D eigenvalue weighted by atomic mass is 10.2. The van der Waals surface area contributed by atoms with Crippen molar-refractivity contribution in [3.8, 4) is 0 Å². The first-order valence-electron chi connectivity index (χ1n) is 5.94. The fourth-order valence-electron chi connectivity index (χ4n) is 2.02. The van der Waals surface area contributed by atoms with Gasteiger partial charge >= 0.3 is 0 Å². The number of ether oxygens (including phenoxy) is 1. The molecule has 1 fully saturated rings. The zero-order valence-electron chi connectivity index (χ0n) is 10.4. The van der Waals surface area contributed by atoms with E-state index in [4.69, 9.17) is 10.6 Å². The van der Waals surface area contributed by atoms with E-state index in [2.05, 4.69) is 15.3 Å². The Morgan fingerprint density at radius 3 is 3.28 bits per heavy atom. The Hall–Kier alpha value is -1.02. The van der Waals surface area contributed by atoms with Crippen LogP contribution in [-0.2, 0) is 11.3 Å². The van der Waals surface area contributed by atoms with E-state index < -0.39 is 0 Å². The van der Waals surface area contributed by atoms with Gasteiger partial charge in [0.1, 0.15) is 0 Å². The van der Waals surface area contributed by atoms with Crippen LogP contribution in [0.4, 0.5) is 0 Å². The van der Waals surface area contributed by atoms with Crippen LogP contribution >= 0.6 is 11.3 Å². The summed E-state index contributed by atoms with van der Waals surface area (Å²) >= 11 is 1.31. The van der Waals surface area contributed by atoms with Crippen LogP contribution in [0, 0.1) is 0 Å². The summed E-state index contributed by atoms with van der Waals surface area (Å²) in [5.41, 5.74) is 2.97. The molecule has 0 aliphatic carbocycles. The van der Waals surface area contributed by atoms with Gasteiger partial charge in [-0.1, -0.05) is 0 Å². The number of likely N-dealkylation sites (N-methyl/N-ethyl adjacent to an activating group) is 1. The molecule has 6 nitrogen and oxygen atoms in total. The predicted octanol–water partition coefficient (Wildman–Crippen LogP) is 0.357. The molecule has 18 heavy (non-hydrogen) atoms. The molecule has 1 saturated heterocycles. The third-order valence-corrected chi connectivity index (χ3v) is 3.74. The van der Waals surface area contributed by atoms with Crippen molar-refractivity contribution >= 4 is 17.2 Å². The van der Waals surface area contributed by atoms with E-state index in [-0.39, 0.29) is 5.91 Å². The first-order chi connectivity index (χ1) is 8.69. The Morgan fingerprint density at radius 1 is 1.78 bits per heavy atom. The molecule has 3 N–H and O–H groups in total. The summed E-state index contributed by atoms with van der Waals surface area (Å²) in [6.45, 7) is 2.49. The molecule has 1 unspecified atom stereocenters. The van der Waals surface area contributed by atoms with Crippen molar-refractivity contribution in [2.24, 2.45) is 5.84 Å². The quantitative estimate of drug-likeness (QED) is 0.459. The van der Waals surface area contributed by atoms with Gasteiger partial charge in [0.05, 0.1) is 11.8 Å². The molecular formula is C11H18N4O2S. The highest BCUT2D eigenvalue weighted by Gasteiger charge is 2.18. The lowest BCUT2D eigenvalue weighted by Gasteiger charge is -2.19. The van der Waals surface area contributed by atoms with Crippen molar-refractivity contribution in [1.82, 2.24) is 15.3 Å². The fraction of sp³-hybridized carbons (Fsp3) is 0.636. The maximum Gasteiger partial charge on any atom is 0.294 e. The van der Waals surface area contributed by atoms with Crippen molar-refractivity contribution in [3.05, 3.63) is 16.1 Å². The number of carbonyl (C=O) groups excluding carboxylic acids is 1. The monoisotopic (exact) mass is 270 g/mol. The number of nitrogens with two attached hydrogens (primary N) is 1. The minimum Gasteiger partial charge on any atom is -0.377 e. The second kappa shape index (κ2) is 6.24. The number of amides is 1. The predicted molar refractivity (Wildman–Crippen MR) is 69.1 cm³/mol. The van der Waals surface area contributed by atoms with Gasteiger partial charge in [-0.2, -0.15) is 0 Å². The Kier molecular flexibility index (Phi) is 4.65. The highest BCUT2D eigenvalue weighted by Crippen LogP contribution is 2.15. The van der Waals surface area contributed by atoms with Gasteiger partial charge in [0.25, 0.3) is 5.91 Å². The first-order valence-corrected chi connectivity index (χ1v) is 6.82. The van der Waals surface area contributed by atoms with Crippen LogP contribution in [0.2, 0.25) is 0 Å². The molecule has 2 heterocycles. The molecular weight excluding hydrogens is 252 g/mol. The van der Waals surface area contributed by atoms with Crippen molar-refractivity contribution in [2.45, 2.75) is 25.5 Å². The molecule has 1 atom stereocenters. The molecule has 1 aliphatic rings. The van der Waals surface area contributed by atoms with Crippen LogP contribution in [0.25, 0.3) is 0 Å². The Morgan fingerprint density at radius 2 is 2.61 bits per heavy atom. The number of aromatic nitrogens is 1. The molecule has 7 heteroatoms. The number of thiazole rings is 1. The van der Waals surface area contributed by atoms with Crippen molar-refractivity contribution in [3.63, 3.8) is 0 Å².